The van der Waals surface area contributed by atoms with Crippen LogP contribution in [0.15, 0.2) is 48.5 Å². The number of rotatable bonds is 3. The van der Waals surface area contributed by atoms with Crippen molar-refractivity contribution in [3.05, 3.63) is 65.2 Å². The van der Waals surface area contributed by atoms with Gasteiger partial charge in [0.25, 0.3) is 0 Å². The highest BCUT2D eigenvalue weighted by atomic mass is 16.3. The number of carbonyl (C=O) groups excluding carboxylic acids is 2. The van der Waals surface area contributed by atoms with Gasteiger partial charge < -0.3 is 15.7 Å². The van der Waals surface area contributed by atoms with Crippen LogP contribution in [0.2, 0.25) is 0 Å². The molecule has 5 nitrogen and oxygen atoms in total. The molecule has 1 aliphatic rings. The number of fused-ring (bicyclic) bond motifs is 1. The Morgan fingerprint density at radius 1 is 1.00 bits per heavy atom. The molecule has 2 aromatic carbocycles. The van der Waals surface area contributed by atoms with Crippen molar-refractivity contribution < 1.29 is 14.7 Å². The molecule has 0 bridgehead atoms. The van der Waals surface area contributed by atoms with Crippen LogP contribution >= 0.6 is 0 Å². The predicted molar refractivity (Wildman–Crippen MR) is 91.6 cm³/mol. The third-order valence-electron chi connectivity index (χ3n) is 4.25. The molecule has 0 heterocycles. The van der Waals surface area contributed by atoms with Crippen molar-refractivity contribution in [2.75, 3.05) is 11.9 Å². The summed E-state index contributed by atoms with van der Waals surface area (Å²) < 4.78 is 0. The second-order valence-electron chi connectivity index (χ2n) is 6.35. The molecular formula is C19H20N2O3. The number of amides is 2. The van der Waals surface area contributed by atoms with E-state index in [0.717, 1.165) is 16.7 Å². The Morgan fingerprint density at radius 3 is 2.17 bits per heavy atom. The van der Waals surface area contributed by atoms with E-state index in [2.05, 4.69) is 10.6 Å². The number of carbonyl (C=O) groups is 2. The normalized spacial score (nSPS) is 14.8. The molecule has 0 saturated carbocycles. The fraction of sp³-hybridized carbons (Fsp3) is 0.263. The molecule has 0 atom stereocenters. The Balaban J connectivity index is 1.54. The summed E-state index contributed by atoms with van der Waals surface area (Å²) in [6, 6.07) is 15.0. The van der Waals surface area contributed by atoms with E-state index in [4.69, 9.17) is 0 Å². The van der Waals surface area contributed by atoms with Gasteiger partial charge in [-0.3, -0.25) is 9.59 Å². The lowest BCUT2D eigenvalue weighted by Gasteiger charge is -2.22. The van der Waals surface area contributed by atoms with Crippen molar-refractivity contribution in [3.63, 3.8) is 0 Å². The van der Waals surface area contributed by atoms with Crippen molar-refractivity contribution in [2.45, 2.75) is 25.4 Å². The van der Waals surface area contributed by atoms with Gasteiger partial charge in [-0.25, -0.2) is 0 Å². The quantitative estimate of drug-likeness (QED) is 0.750. The molecule has 1 aliphatic carbocycles. The van der Waals surface area contributed by atoms with E-state index < -0.39 is 17.4 Å². The first-order chi connectivity index (χ1) is 11.5. The largest absolute Gasteiger partial charge is 0.387 e. The minimum atomic E-state index is -1.04. The van der Waals surface area contributed by atoms with Crippen molar-refractivity contribution in [1.82, 2.24) is 5.32 Å². The lowest BCUT2D eigenvalue weighted by molar-refractivity contribution is -0.136. The minimum Gasteiger partial charge on any atom is -0.387 e. The standard InChI is InChI=1S/C19H20N2O3/c1-13-6-8-16(9-7-13)21-18(23)17(22)20-12-19(24)10-14-4-2-3-5-15(14)11-19/h2-9,24H,10-12H2,1H3,(H,20,22)(H,21,23). The lowest BCUT2D eigenvalue weighted by Crippen LogP contribution is -2.46. The lowest BCUT2D eigenvalue weighted by atomic mass is 10.0. The molecule has 5 heteroatoms. The Hall–Kier alpha value is -2.66. The molecule has 124 valence electrons. The van der Waals surface area contributed by atoms with Gasteiger partial charge in [0.2, 0.25) is 0 Å². The second-order valence-corrected chi connectivity index (χ2v) is 6.35. The van der Waals surface area contributed by atoms with Crippen molar-refractivity contribution in [1.29, 1.82) is 0 Å². The van der Waals surface area contributed by atoms with Gasteiger partial charge in [-0.1, -0.05) is 42.0 Å². The van der Waals surface area contributed by atoms with Crippen molar-refractivity contribution in [3.8, 4) is 0 Å². The first kappa shape index (κ1) is 16.2. The monoisotopic (exact) mass is 324 g/mol. The summed E-state index contributed by atoms with van der Waals surface area (Å²) in [6.07, 6.45) is 0.950. The molecule has 0 saturated heterocycles. The van der Waals surface area contributed by atoms with Gasteiger partial charge in [-0.05, 0) is 30.2 Å². The predicted octanol–water partition coefficient (Wildman–Crippen LogP) is 1.58. The Morgan fingerprint density at radius 2 is 1.58 bits per heavy atom. The van der Waals surface area contributed by atoms with Crippen LogP contribution in [0.3, 0.4) is 0 Å². The smallest absolute Gasteiger partial charge is 0.313 e. The van der Waals surface area contributed by atoms with E-state index in [-0.39, 0.29) is 6.54 Å². The SMILES string of the molecule is Cc1ccc(NC(=O)C(=O)NCC2(O)Cc3ccccc3C2)cc1. The van der Waals surface area contributed by atoms with E-state index in [1.165, 1.54) is 0 Å². The summed E-state index contributed by atoms with van der Waals surface area (Å²) in [5.74, 6) is -1.49. The number of aliphatic hydroxyl groups is 1. The topological polar surface area (TPSA) is 78.4 Å². The first-order valence-electron chi connectivity index (χ1n) is 7.90. The van der Waals surface area contributed by atoms with E-state index >= 15 is 0 Å². The van der Waals surface area contributed by atoms with Crippen LogP contribution < -0.4 is 10.6 Å². The number of nitrogens with one attached hydrogen (secondary N) is 2. The van der Waals surface area contributed by atoms with E-state index in [1.807, 2.05) is 43.3 Å². The van der Waals surface area contributed by atoms with Crippen LogP contribution in [0.25, 0.3) is 0 Å². The molecule has 3 rings (SSSR count). The fourth-order valence-corrected chi connectivity index (χ4v) is 2.95. The maximum Gasteiger partial charge on any atom is 0.313 e. The highest BCUT2D eigenvalue weighted by Gasteiger charge is 2.35. The zero-order valence-corrected chi connectivity index (χ0v) is 13.5. The van der Waals surface area contributed by atoms with Crippen LogP contribution in [0.5, 0.6) is 0 Å². The van der Waals surface area contributed by atoms with E-state index in [0.29, 0.717) is 18.5 Å². The number of anilines is 1. The van der Waals surface area contributed by atoms with Gasteiger partial charge in [-0.2, -0.15) is 0 Å². The summed E-state index contributed by atoms with van der Waals surface area (Å²) in [6.45, 7) is 1.99. The van der Waals surface area contributed by atoms with Gasteiger partial charge in [0, 0.05) is 25.1 Å². The molecule has 0 unspecified atom stereocenters. The summed E-state index contributed by atoms with van der Waals surface area (Å²) >= 11 is 0. The zero-order valence-electron chi connectivity index (χ0n) is 13.5. The molecule has 24 heavy (non-hydrogen) atoms. The molecule has 2 aromatic rings. The van der Waals surface area contributed by atoms with Crippen LogP contribution in [0, 0.1) is 6.92 Å². The number of hydrogen-bond acceptors (Lipinski definition) is 3. The molecule has 3 N–H and O–H groups in total. The van der Waals surface area contributed by atoms with Gasteiger partial charge in [0.15, 0.2) is 0 Å². The van der Waals surface area contributed by atoms with Crippen LogP contribution in [0.1, 0.15) is 16.7 Å². The minimum absolute atomic E-state index is 0.0435. The number of aryl methyl sites for hydroxylation is 1. The highest BCUT2D eigenvalue weighted by molar-refractivity contribution is 6.39. The summed E-state index contributed by atoms with van der Waals surface area (Å²) in [5, 5.41) is 15.7. The van der Waals surface area contributed by atoms with Gasteiger partial charge >= 0.3 is 11.8 Å². The zero-order chi connectivity index (χ0) is 17.2. The molecule has 2 amide bonds. The average molecular weight is 324 g/mol. The molecule has 0 spiro atoms. The maximum absolute atomic E-state index is 12.0. The molecule has 0 fully saturated rings. The molecule has 0 aliphatic heterocycles. The second kappa shape index (κ2) is 6.45. The van der Waals surface area contributed by atoms with E-state index in [9.17, 15) is 14.7 Å². The molecular weight excluding hydrogens is 304 g/mol. The number of hydrogen-bond donors (Lipinski definition) is 3. The third kappa shape index (κ3) is 3.63. The van der Waals surface area contributed by atoms with Crippen LogP contribution in [0.4, 0.5) is 5.69 Å². The summed E-state index contributed by atoms with van der Waals surface area (Å²) in [5.41, 5.74) is 2.76. The van der Waals surface area contributed by atoms with Crippen LogP contribution in [-0.4, -0.2) is 29.1 Å². The van der Waals surface area contributed by atoms with Gasteiger partial charge in [0.1, 0.15) is 0 Å². The fourth-order valence-electron chi connectivity index (χ4n) is 2.95. The average Bonchev–Trinajstić information content (AvgIpc) is 2.91. The molecule has 0 aromatic heterocycles. The highest BCUT2D eigenvalue weighted by Crippen LogP contribution is 2.29. The number of benzene rings is 2. The van der Waals surface area contributed by atoms with Gasteiger partial charge in [-0.15, -0.1) is 0 Å². The Bertz CT molecular complexity index is 743. The maximum atomic E-state index is 12.0. The van der Waals surface area contributed by atoms with Crippen molar-refractivity contribution >= 4 is 17.5 Å². The Labute approximate surface area is 140 Å². The Kier molecular flexibility index (Phi) is 4.36. The third-order valence-corrected chi connectivity index (χ3v) is 4.25. The van der Waals surface area contributed by atoms with Gasteiger partial charge in [0.05, 0.1) is 5.60 Å². The summed E-state index contributed by atoms with van der Waals surface area (Å²) in [4.78, 5) is 23.9. The van der Waals surface area contributed by atoms with Crippen molar-refractivity contribution in [2.24, 2.45) is 0 Å². The molecule has 0 radical (unpaired) electrons. The first-order valence-corrected chi connectivity index (χ1v) is 7.90. The van der Waals surface area contributed by atoms with Crippen LogP contribution in [-0.2, 0) is 22.4 Å². The summed E-state index contributed by atoms with van der Waals surface area (Å²) in [7, 11) is 0. The van der Waals surface area contributed by atoms with E-state index in [1.54, 1.807) is 12.1 Å².